The standard InChI is InChI=1S/C11H18O2/c1-8-4-5-11(6-8,7-10(12)13)9-2-3-9/h8-9H,2-7H2,1H3,(H,12,13). The summed E-state index contributed by atoms with van der Waals surface area (Å²) in [6, 6.07) is 0. The van der Waals surface area contributed by atoms with E-state index in [1.807, 2.05) is 0 Å². The van der Waals surface area contributed by atoms with Crippen LogP contribution in [0, 0.1) is 17.3 Å². The Morgan fingerprint density at radius 2 is 2.15 bits per heavy atom. The van der Waals surface area contributed by atoms with Gasteiger partial charge in [-0.3, -0.25) is 4.79 Å². The summed E-state index contributed by atoms with van der Waals surface area (Å²) in [5, 5.41) is 8.90. The van der Waals surface area contributed by atoms with Crippen molar-refractivity contribution in [1.29, 1.82) is 0 Å². The highest BCUT2D eigenvalue weighted by Gasteiger charge is 2.49. The minimum absolute atomic E-state index is 0.200. The smallest absolute Gasteiger partial charge is 0.303 e. The number of carboxylic acids is 1. The topological polar surface area (TPSA) is 37.3 Å². The zero-order chi connectivity index (χ0) is 9.47. The van der Waals surface area contributed by atoms with Crippen molar-refractivity contribution in [3.8, 4) is 0 Å². The van der Waals surface area contributed by atoms with Crippen molar-refractivity contribution in [2.75, 3.05) is 0 Å². The molecule has 0 saturated heterocycles. The molecule has 74 valence electrons. The summed E-state index contributed by atoms with van der Waals surface area (Å²) < 4.78 is 0. The van der Waals surface area contributed by atoms with Crippen LogP contribution in [0.5, 0.6) is 0 Å². The molecule has 13 heavy (non-hydrogen) atoms. The van der Waals surface area contributed by atoms with Crippen LogP contribution in [0.4, 0.5) is 0 Å². The first-order valence-corrected chi connectivity index (χ1v) is 5.34. The normalized spacial score (nSPS) is 39.3. The molecule has 0 spiro atoms. The molecule has 2 aliphatic rings. The second kappa shape index (κ2) is 3.00. The third-order valence-electron chi connectivity index (χ3n) is 3.84. The molecule has 0 amide bonds. The summed E-state index contributed by atoms with van der Waals surface area (Å²) >= 11 is 0. The van der Waals surface area contributed by atoms with Gasteiger partial charge in [-0.25, -0.2) is 0 Å². The molecule has 0 aromatic heterocycles. The van der Waals surface area contributed by atoms with E-state index in [9.17, 15) is 4.79 Å². The van der Waals surface area contributed by atoms with Crippen LogP contribution in [0.25, 0.3) is 0 Å². The van der Waals surface area contributed by atoms with Gasteiger partial charge in [0.2, 0.25) is 0 Å². The lowest BCUT2D eigenvalue weighted by Crippen LogP contribution is -2.23. The van der Waals surface area contributed by atoms with Crippen LogP contribution in [-0.4, -0.2) is 11.1 Å². The molecule has 2 nitrogen and oxygen atoms in total. The van der Waals surface area contributed by atoms with Crippen molar-refractivity contribution in [2.24, 2.45) is 17.3 Å². The highest BCUT2D eigenvalue weighted by molar-refractivity contribution is 5.68. The molecule has 2 aliphatic carbocycles. The predicted molar refractivity (Wildman–Crippen MR) is 50.4 cm³/mol. The Hall–Kier alpha value is -0.530. The van der Waals surface area contributed by atoms with Gasteiger partial charge in [0.05, 0.1) is 6.42 Å². The van der Waals surface area contributed by atoms with Gasteiger partial charge in [0.1, 0.15) is 0 Å². The molecule has 0 heterocycles. The fourth-order valence-corrected chi connectivity index (χ4v) is 3.10. The van der Waals surface area contributed by atoms with Crippen LogP contribution in [0.2, 0.25) is 0 Å². The van der Waals surface area contributed by atoms with Crippen LogP contribution >= 0.6 is 0 Å². The largest absolute Gasteiger partial charge is 0.481 e. The first-order valence-electron chi connectivity index (χ1n) is 5.34. The average Bonchev–Trinajstić information content (AvgIpc) is 2.78. The summed E-state index contributed by atoms with van der Waals surface area (Å²) in [5.41, 5.74) is 0.200. The molecule has 2 atom stereocenters. The number of carboxylic acid groups (broad SMARTS) is 1. The predicted octanol–water partition coefficient (Wildman–Crippen LogP) is 2.68. The van der Waals surface area contributed by atoms with Gasteiger partial charge in [-0.2, -0.15) is 0 Å². The maximum atomic E-state index is 10.8. The van der Waals surface area contributed by atoms with Crippen molar-refractivity contribution < 1.29 is 9.90 Å². The molecule has 0 radical (unpaired) electrons. The second-order valence-corrected chi connectivity index (χ2v) is 5.06. The van der Waals surface area contributed by atoms with Crippen molar-refractivity contribution in [3.05, 3.63) is 0 Å². The van der Waals surface area contributed by atoms with Gasteiger partial charge in [-0.15, -0.1) is 0 Å². The highest BCUT2D eigenvalue weighted by atomic mass is 16.4. The van der Waals surface area contributed by atoms with Crippen molar-refractivity contribution in [3.63, 3.8) is 0 Å². The Morgan fingerprint density at radius 1 is 1.46 bits per heavy atom. The number of hydrogen-bond donors (Lipinski definition) is 1. The Balaban J connectivity index is 2.06. The number of aliphatic carboxylic acids is 1. The maximum absolute atomic E-state index is 10.8. The summed E-state index contributed by atoms with van der Waals surface area (Å²) in [5.74, 6) is 0.898. The Bertz CT molecular complexity index is 220. The van der Waals surface area contributed by atoms with E-state index in [0.717, 1.165) is 24.7 Å². The van der Waals surface area contributed by atoms with Gasteiger partial charge in [0.15, 0.2) is 0 Å². The monoisotopic (exact) mass is 182 g/mol. The molecule has 2 unspecified atom stereocenters. The fourth-order valence-electron chi connectivity index (χ4n) is 3.10. The lowest BCUT2D eigenvalue weighted by molar-refractivity contribution is -0.140. The lowest BCUT2D eigenvalue weighted by Gasteiger charge is -2.27. The minimum Gasteiger partial charge on any atom is -0.481 e. The molecule has 2 fully saturated rings. The van der Waals surface area contributed by atoms with E-state index in [-0.39, 0.29) is 5.41 Å². The summed E-state index contributed by atoms with van der Waals surface area (Å²) in [6.07, 6.45) is 6.53. The van der Waals surface area contributed by atoms with Crippen molar-refractivity contribution >= 4 is 5.97 Å². The van der Waals surface area contributed by atoms with Crippen LogP contribution in [0.15, 0.2) is 0 Å². The van der Waals surface area contributed by atoms with Gasteiger partial charge in [0, 0.05) is 0 Å². The van der Waals surface area contributed by atoms with E-state index in [4.69, 9.17) is 5.11 Å². The average molecular weight is 182 g/mol. The molecule has 1 N–H and O–H groups in total. The number of hydrogen-bond acceptors (Lipinski definition) is 1. The van der Waals surface area contributed by atoms with Crippen LogP contribution in [0.1, 0.15) is 45.4 Å². The van der Waals surface area contributed by atoms with E-state index in [1.54, 1.807) is 0 Å². The van der Waals surface area contributed by atoms with Crippen LogP contribution < -0.4 is 0 Å². The van der Waals surface area contributed by atoms with E-state index < -0.39 is 5.97 Å². The molecule has 2 saturated carbocycles. The molecule has 0 aliphatic heterocycles. The molecule has 0 bridgehead atoms. The van der Waals surface area contributed by atoms with Gasteiger partial charge < -0.3 is 5.11 Å². The number of rotatable bonds is 3. The SMILES string of the molecule is CC1CCC(CC(=O)O)(C2CC2)C1. The number of carbonyl (C=O) groups is 1. The summed E-state index contributed by atoms with van der Waals surface area (Å²) in [7, 11) is 0. The zero-order valence-corrected chi connectivity index (χ0v) is 8.25. The Kier molecular flexibility index (Phi) is 2.09. The summed E-state index contributed by atoms with van der Waals surface area (Å²) in [4.78, 5) is 10.8. The maximum Gasteiger partial charge on any atom is 0.303 e. The third kappa shape index (κ3) is 1.72. The van der Waals surface area contributed by atoms with Gasteiger partial charge in [-0.05, 0) is 42.9 Å². The minimum atomic E-state index is -0.596. The molecule has 2 heteroatoms. The molecular formula is C11H18O2. The van der Waals surface area contributed by atoms with E-state index >= 15 is 0 Å². The fraction of sp³-hybridized carbons (Fsp3) is 0.909. The van der Waals surface area contributed by atoms with Crippen LogP contribution in [-0.2, 0) is 4.79 Å². The zero-order valence-electron chi connectivity index (χ0n) is 8.25. The quantitative estimate of drug-likeness (QED) is 0.728. The first kappa shape index (κ1) is 9.04. The molecule has 0 aromatic carbocycles. The van der Waals surface area contributed by atoms with E-state index in [2.05, 4.69) is 6.92 Å². The van der Waals surface area contributed by atoms with Crippen molar-refractivity contribution in [2.45, 2.75) is 45.4 Å². The summed E-state index contributed by atoms with van der Waals surface area (Å²) in [6.45, 7) is 2.26. The third-order valence-corrected chi connectivity index (χ3v) is 3.84. The van der Waals surface area contributed by atoms with E-state index in [1.165, 1.54) is 19.3 Å². The molecule has 0 aromatic rings. The molecular weight excluding hydrogens is 164 g/mol. The second-order valence-electron chi connectivity index (χ2n) is 5.06. The highest BCUT2D eigenvalue weighted by Crippen LogP contribution is 2.58. The van der Waals surface area contributed by atoms with E-state index in [0.29, 0.717) is 6.42 Å². The first-order chi connectivity index (χ1) is 6.12. The van der Waals surface area contributed by atoms with Gasteiger partial charge in [-0.1, -0.05) is 13.3 Å². The Morgan fingerprint density at radius 3 is 2.54 bits per heavy atom. The van der Waals surface area contributed by atoms with Gasteiger partial charge in [0.25, 0.3) is 0 Å². The Labute approximate surface area is 79.3 Å². The lowest BCUT2D eigenvalue weighted by atomic mass is 9.77. The van der Waals surface area contributed by atoms with Gasteiger partial charge >= 0.3 is 5.97 Å². The van der Waals surface area contributed by atoms with Crippen LogP contribution in [0.3, 0.4) is 0 Å². The van der Waals surface area contributed by atoms with Crippen molar-refractivity contribution in [1.82, 2.24) is 0 Å². The molecule has 2 rings (SSSR count).